The number of anilines is 3. The number of benzene rings is 1. The number of nitriles is 2. The Morgan fingerprint density at radius 1 is 1.34 bits per heavy atom. The summed E-state index contributed by atoms with van der Waals surface area (Å²) in [5.74, 6) is 0.834. The van der Waals surface area contributed by atoms with Crippen LogP contribution in [0.1, 0.15) is 23.1 Å². The molecule has 10 heteroatoms. The fraction of sp³-hybridized carbons (Fsp3) is 0.368. The van der Waals surface area contributed by atoms with Crippen molar-refractivity contribution in [2.75, 3.05) is 23.8 Å². The highest BCUT2D eigenvalue weighted by Gasteiger charge is 2.31. The standard InChI is InChI=1S/C19H19BN6O3/c1-11-8-23-19(26-18(11)25-16-10-28-3-2-12(16)6-21)24-15-4-13(7-22)17-14(5-15)9-29-20(17)27/h4-5,8,12,16,27H,2-3,9-10H2,1H3,(H2,23,24,25,26)/t12-,16+/m1/s1. The molecular weight excluding hydrogens is 371 g/mol. The highest BCUT2D eigenvalue weighted by molar-refractivity contribution is 6.62. The third-order valence-corrected chi connectivity index (χ3v) is 5.10. The van der Waals surface area contributed by atoms with Crippen LogP contribution in [-0.2, 0) is 16.0 Å². The zero-order valence-corrected chi connectivity index (χ0v) is 15.8. The number of nitrogens with one attached hydrogen (secondary N) is 2. The molecule has 1 aromatic carbocycles. The number of fused-ring (bicyclic) bond motifs is 1. The van der Waals surface area contributed by atoms with Gasteiger partial charge in [-0.15, -0.1) is 0 Å². The number of rotatable bonds is 4. The molecule has 1 fully saturated rings. The second-order valence-electron chi connectivity index (χ2n) is 7.07. The molecule has 9 nitrogen and oxygen atoms in total. The van der Waals surface area contributed by atoms with E-state index in [9.17, 15) is 15.5 Å². The van der Waals surface area contributed by atoms with E-state index in [2.05, 4.69) is 32.7 Å². The van der Waals surface area contributed by atoms with Gasteiger partial charge in [0.1, 0.15) is 5.82 Å². The van der Waals surface area contributed by atoms with Crippen molar-refractivity contribution in [2.45, 2.75) is 26.0 Å². The van der Waals surface area contributed by atoms with Crippen LogP contribution in [0.5, 0.6) is 0 Å². The minimum atomic E-state index is -1.08. The molecule has 146 valence electrons. The normalized spacial score (nSPS) is 20.5. The van der Waals surface area contributed by atoms with E-state index in [0.29, 0.717) is 48.1 Å². The van der Waals surface area contributed by atoms with Crippen LogP contribution in [0.4, 0.5) is 17.5 Å². The molecular formula is C19H19BN6O3. The van der Waals surface area contributed by atoms with Crippen LogP contribution in [-0.4, -0.2) is 41.4 Å². The summed E-state index contributed by atoms with van der Waals surface area (Å²) < 4.78 is 10.7. The number of aromatic nitrogens is 2. The molecule has 1 saturated heterocycles. The molecule has 3 heterocycles. The van der Waals surface area contributed by atoms with E-state index < -0.39 is 7.12 Å². The van der Waals surface area contributed by atoms with Crippen molar-refractivity contribution in [2.24, 2.45) is 5.92 Å². The zero-order valence-electron chi connectivity index (χ0n) is 15.8. The average molecular weight is 390 g/mol. The van der Waals surface area contributed by atoms with Gasteiger partial charge in [-0.3, -0.25) is 0 Å². The van der Waals surface area contributed by atoms with Crippen LogP contribution in [0.2, 0.25) is 0 Å². The number of aryl methyl sites for hydroxylation is 1. The topological polar surface area (TPSA) is 136 Å². The Morgan fingerprint density at radius 3 is 3.00 bits per heavy atom. The lowest BCUT2D eigenvalue weighted by Gasteiger charge is -2.28. The summed E-state index contributed by atoms with van der Waals surface area (Å²) in [6.45, 7) is 3.16. The van der Waals surface area contributed by atoms with Crippen molar-refractivity contribution in [1.29, 1.82) is 10.5 Å². The van der Waals surface area contributed by atoms with Crippen molar-refractivity contribution >= 4 is 30.0 Å². The predicted molar refractivity (Wildman–Crippen MR) is 106 cm³/mol. The smallest absolute Gasteiger partial charge is 0.423 e. The lowest BCUT2D eigenvalue weighted by atomic mass is 9.76. The van der Waals surface area contributed by atoms with Crippen LogP contribution in [0.15, 0.2) is 18.3 Å². The molecule has 2 aliphatic heterocycles. The molecule has 0 aliphatic carbocycles. The van der Waals surface area contributed by atoms with Crippen molar-refractivity contribution in [3.05, 3.63) is 35.0 Å². The molecule has 0 radical (unpaired) electrons. The monoisotopic (exact) mass is 390 g/mol. The summed E-state index contributed by atoms with van der Waals surface area (Å²) in [7, 11) is -1.08. The number of ether oxygens (including phenoxy) is 1. The van der Waals surface area contributed by atoms with Gasteiger partial charge in [-0.05, 0) is 31.0 Å². The SMILES string of the molecule is Cc1cnc(Nc2cc(C#N)c3c(c2)COB3O)nc1N[C@H]1COCC[C@@H]1C#N. The van der Waals surface area contributed by atoms with Gasteiger partial charge in [0.15, 0.2) is 0 Å². The highest BCUT2D eigenvalue weighted by atomic mass is 16.5. The van der Waals surface area contributed by atoms with E-state index in [-0.39, 0.29) is 18.6 Å². The van der Waals surface area contributed by atoms with Gasteiger partial charge in [-0.1, -0.05) is 0 Å². The van der Waals surface area contributed by atoms with Crippen LogP contribution < -0.4 is 16.1 Å². The largest absolute Gasteiger partial charge is 0.493 e. The molecule has 0 amide bonds. The zero-order chi connectivity index (χ0) is 20.4. The van der Waals surface area contributed by atoms with Gasteiger partial charge in [0, 0.05) is 29.5 Å². The number of hydrogen-bond donors (Lipinski definition) is 3. The number of hydrogen-bond acceptors (Lipinski definition) is 9. The third-order valence-electron chi connectivity index (χ3n) is 5.10. The molecule has 0 spiro atoms. The van der Waals surface area contributed by atoms with E-state index in [4.69, 9.17) is 9.39 Å². The molecule has 1 aromatic heterocycles. The Hall–Kier alpha value is -3.18. The first kappa shape index (κ1) is 19.2. The maximum atomic E-state index is 9.88. The summed E-state index contributed by atoms with van der Waals surface area (Å²) in [6, 6.07) is 7.72. The maximum Gasteiger partial charge on any atom is 0.493 e. The summed E-state index contributed by atoms with van der Waals surface area (Å²) in [5, 5.41) is 35.0. The first-order valence-corrected chi connectivity index (χ1v) is 9.30. The predicted octanol–water partition coefficient (Wildman–Crippen LogP) is 0.959. The second kappa shape index (κ2) is 8.06. The van der Waals surface area contributed by atoms with Gasteiger partial charge in [-0.2, -0.15) is 15.5 Å². The van der Waals surface area contributed by atoms with Crippen molar-refractivity contribution in [1.82, 2.24) is 9.97 Å². The van der Waals surface area contributed by atoms with E-state index in [0.717, 1.165) is 11.1 Å². The Kier molecular flexibility index (Phi) is 5.32. The Morgan fingerprint density at radius 2 is 2.21 bits per heavy atom. The lowest BCUT2D eigenvalue weighted by molar-refractivity contribution is 0.0698. The van der Waals surface area contributed by atoms with E-state index in [1.807, 2.05) is 13.0 Å². The molecule has 3 N–H and O–H groups in total. The highest BCUT2D eigenvalue weighted by Crippen LogP contribution is 2.24. The van der Waals surface area contributed by atoms with Crippen molar-refractivity contribution in [3.63, 3.8) is 0 Å². The van der Waals surface area contributed by atoms with Crippen LogP contribution in [0.3, 0.4) is 0 Å². The van der Waals surface area contributed by atoms with Crippen LogP contribution in [0, 0.1) is 35.5 Å². The molecule has 0 unspecified atom stereocenters. The lowest BCUT2D eigenvalue weighted by Crippen LogP contribution is -2.38. The van der Waals surface area contributed by atoms with Gasteiger partial charge in [0.05, 0.1) is 42.9 Å². The van der Waals surface area contributed by atoms with E-state index in [1.54, 1.807) is 12.3 Å². The minimum absolute atomic E-state index is 0.140. The van der Waals surface area contributed by atoms with Crippen molar-refractivity contribution < 1.29 is 14.4 Å². The Labute approximate surface area is 168 Å². The molecule has 4 rings (SSSR count). The van der Waals surface area contributed by atoms with Gasteiger partial charge in [-0.25, -0.2) is 4.98 Å². The molecule has 2 aliphatic rings. The summed E-state index contributed by atoms with van der Waals surface area (Å²) in [5.41, 5.74) is 3.08. The second-order valence-corrected chi connectivity index (χ2v) is 7.07. The fourth-order valence-corrected chi connectivity index (χ4v) is 3.53. The molecule has 2 atom stereocenters. The fourth-order valence-electron chi connectivity index (χ4n) is 3.53. The quantitative estimate of drug-likeness (QED) is 0.652. The first-order valence-electron chi connectivity index (χ1n) is 9.30. The summed E-state index contributed by atoms with van der Waals surface area (Å²) >= 11 is 0. The minimum Gasteiger partial charge on any atom is -0.423 e. The molecule has 0 bridgehead atoms. The van der Waals surface area contributed by atoms with Gasteiger partial charge in [0.2, 0.25) is 5.95 Å². The van der Waals surface area contributed by atoms with Gasteiger partial charge in [0.25, 0.3) is 0 Å². The molecule has 0 saturated carbocycles. The maximum absolute atomic E-state index is 9.88. The third kappa shape index (κ3) is 3.87. The summed E-state index contributed by atoms with van der Waals surface area (Å²) in [4.78, 5) is 8.84. The Balaban J connectivity index is 1.57. The number of nitrogens with zero attached hydrogens (tertiary/aromatic N) is 4. The van der Waals surface area contributed by atoms with Gasteiger partial charge < -0.3 is 25.0 Å². The molecule has 2 aromatic rings. The average Bonchev–Trinajstić information content (AvgIpc) is 3.11. The summed E-state index contributed by atoms with van der Waals surface area (Å²) in [6.07, 6.45) is 2.37. The van der Waals surface area contributed by atoms with E-state index >= 15 is 0 Å². The van der Waals surface area contributed by atoms with Crippen molar-refractivity contribution in [3.8, 4) is 12.1 Å². The first-order chi connectivity index (χ1) is 14.1. The van der Waals surface area contributed by atoms with Crippen LogP contribution >= 0.6 is 0 Å². The molecule has 29 heavy (non-hydrogen) atoms. The van der Waals surface area contributed by atoms with E-state index in [1.165, 1.54) is 0 Å². The van der Waals surface area contributed by atoms with Crippen LogP contribution in [0.25, 0.3) is 0 Å². The van der Waals surface area contributed by atoms with Gasteiger partial charge >= 0.3 is 7.12 Å². The Bertz CT molecular complexity index is 1020.